The van der Waals surface area contributed by atoms with Gasteiger partial charge in [0.05, 0.1) is 11.1 Å². The Bertz CT molecular complexity index is 585. The average Bonchev–Trinajstić information content (AvgIpc) is 2.72. The molecule has 3 N–H and O–H groups in total. The van der Waals surface area contributed by atoms with Crippen LogP contribution < -0.4 is 11.1 Å². The molecule has 1 aliphatic carbocycles. The average molecular weight is 287 g/mol. The van der Waals surface area contributed by atoms with Crippen LogP contribution in [-0.4, -0.2) is 36.3 Å². The van der Waals surface area contributed by atoms with Crippen LogP contribution in [0, 0.1) is 5.92 Å². The molecule has 2 atom stereocenters. The van der Waals surface area contributed by atoms with Crippen molar-refractivity contribution in [3.63, 3.8) is 0 Å². The van der Waals surface area contributed by atoms with Gasteiger partial charge >= 0.3 is 0 Å². The zero-order valence-electron chi connectivity index (χ0n) is 12.3. The molecule has 3 rings (SSSR count). The molecular weight excluding hydrogens is 266 g/mol. The van der Waals surface area contributed by atoms with E-state index in [-0.39, 0.29) is 11.8 Å². The Hall–Kier alpha value is -1.88. The van der Waals surface area contributed by atoms with Crippen LogP contribution in [0.1, 0.15) is 46.4 Å². The van der Waals surface area contributed by atoms with Crippen LogP contribution in [0.3, 0.4) is 0 Å². The summed E-state index contributed by atoms with van der Waals surface area (Å²) in [7, 11) is 1.52. The minimum Gasteiger partial charge on any atom is -0.382 e. The molecule has 1 aliphatic heterocycles. The first-order chi connectivity index (χ1) is 10.1. The third-order valence-electron chi connectivity index (χ3n) is 4.65. The fraction of sp³-hybridized carbons (Fsp3) is 0.500. The van der Waals surface area contributed by atoms with Gasteiger partial charge in [0.1, 0.15) is 0 Å². The number of nitrogens with one attached hydrogen (secondary N) is 1. The lowest BCUT2D eigenvalue weighted by molar-refractivity contribution is 0.0693. The third kappa shape index (κ3) is 2.42. The second-order valence-electron chi connectivity index (χ2n) is 5.96. The van der Waals surface area contributed by atoms with Crippen LogP contribution in [0.2, 0.25) is 0 Å². The summed E-state index contributed by atoms with van der Waals surface area (Å²) >= 11 is 0. The van der Waals surface area contributed by atoms with E-state index < -0.39 is 0 Å². The molecule has 5 nitrogen and oxygen atoms in total. The van der Waals surface area contributed by atoms with Gasteiger partial charge in [-0.1, -0.05) is 12.8 Å². The Morgan fingerprint density at radius 2 is 1.90 bits per heavy atom. The van der Waals surface area contributed by atoms with E-state index in [1.54, 1.807) is 12.1 Å². The summed E-state index contributed by atoms with van der Waals surface area (Å²) in [6.45, 7) is 0.683. The van der Waals surface area contributed by atoms with Crippen molar-refractivity contribution >= 4 is 17.5 Å². The van der Waals surface area contributed by atoms with Crippen LogP contribution in [0.25, 0.3) is 0 Å². The zero-order chi connectivity index (χ0) is 15.0. The van der Waals surface area contributed by atoms with Crippen LogP contribution in [0.15, 0.2) is 18.2 Å². The molecule has 0 aromatic heterocycles. The van der Waals surface area contributed by atoms with Crippen LogP contribution in [0.5, 0.6) is 0 Å². The Kier molecular flexibility index (Phi) is 3.68. The number of amides is 2. The van der Waals surface area contributed by atoms with Crippen molar-refractivity contribution in [2.75, 3.05) is 18.9 Å². The SMILES string of the molecule is CN1C(=O)c2ccc(NC3CCCCC3CN)cc2C1=O. The van der Waals surface area contributed by atoms with Crippen LogP contribution >= 0.6 is 0 Å². The lowest BCUT2D eigenvalue weighted by atomic mass is 9.84. The minimum atomic E-state index is -0.224. The van der Waals surface area contributed by atoms with Gasteiger partial charge in [0.15, 0.2) is 0 Å². The Balaban J connectivity index is 1.82. The molecule has 1 heterocycles. The standard InChI is InChI=1S/C16H21N3O2/c1-19-15(20)12-7-6-11(8-13(12)16(19)21)18-14-5-3-2-4-10(14)9-17/h6-8,10,14,18H,2-5,9,17H2,1H3. The lowest BCUT2D eigenvalue weighted by Crippen LogP contribution is -2.36. The number of hydrogen-bond donors (Lipinski definition) is 2. The number of nitrogens with two attached hydrogens (primary N) is 1. The molecule has 2 unspecified atom stereocenters. The van der Waals surface area contributed by atoms with E-state index in [4.69, 9.17) is 5.73 Å². The molecular formula is C16H21N3O2. The number of anilines is 1. The highest BCUT2D eigenvalue weighted by Gasteiger charge is 2.33. The molecule has 1 aromatic carbocycles. The number of hydrogen-bond acceptors (Lipinski definition) is 4. The predicted octanol–water partition coefficient (Wildman–Crippen LogP) is 1.84. The molecule has 0 radical (unpaired) electrons. The van der Waals surface area contributed by atoms with Gasteiger partial charge in [-0.15, -0.1) is 0 Å². The number of carbonyl (C=O) groups excluding carboxylic acids is 2. The van der Waals surface area contributed by atoms with E-state index in [9.17, 15) is 9.59 Å². The molecule has 2 amide bonds. The van der Waals surface area contributed by atoms with Gasteiger partial charge < -0.3 is 11.1 Å². The van der Waals surface area contributed by atoms with E-state index in [0.717, 1.165) is 23.4 Å². The van der Waals surface area contributed by atoms with Gasteiger partial charge in [-0.3, -0.25) is 14.5 Å². The van der Waals surface area contributed by atoms with Crippen molar-refractivity contribution in [3.05, 3.63) is 29.3 Å². The molecule has 21 heavy (non-hydrogen) atoms. The second-order valence-corrected chi connectivity index (χ2v) is 5.96. The Morgan fingerprint density at radius 3 is 2.67 bits per heavy atom. The molecule has 0 spiro atoms. The van der Waals surface area contributed by atoms with Crippen LogP contribution in [-0.2, 0) is 0 Å². The van der Waals surface area contributed by atoms with Gasteiger partial charge in [0.2, 0.25) is 0 Å². The summed E-state index contributed by atoms with van der Waals surface area (Å²) in [5.74, 6) is 0.0312. The van der Waals surface area contributed by atoms with E-state index in [0.29, 0.717) is 29.6 Å². The maximum absolute atomic E-state index is 12.0. The molecule has 0 saturated heterocycles. The highest BCUT2D eigenvalue weighted by atomic mass is 16.2. The summed E-state index contributed by atoms with van der Waals surface area (Å²) in [5.41, 5.74) is 7.73. The van der Waals surface area contributed by atoms with E-state index in [1.165, 1.54) is 19.9 Å². The lowest BCUT2D eigenvalue weighted by Gasteiger charge is -2.32. The fourth-order valence-electron chi connectivity index (χ4n) is 3.34. The van der Waals surface area contributed by atoms with Gasteiger partial charge in [-0.25, -0.2) is 0 Å². The normalized spacial score (nSPS) is 25.1. The summed E-state index contributed by atoms with van der Waals surface area (Å²) in [5, 5.41) is 3.50. The van der Waals surface area contributed by atoms with Gasteiger partial charge in [-0.05, 0) is 43.5 Å². The summed E-state index contributed by atoms with van der Waals surface area (Å²) < 4.78 is 0. The first kappa shape index (κ1) is 14.1. The smallest absolute Gasteiger partial charge is 0.261 e. The zero-order valence-corrected chi connectivity index (χ0v) is 12.3. The van der Waals surface area contributed by atoms with Crippen molar-refractivity contribution in [1.82, 2.24) is 4.90 Å². The van der Waals surface area contributed by atoms with E-state index in [2.05, 4.69) is 5.32 Å². The molecule has 1 fully saturated rings. The molecule has 0 bridgehead atoms. The van der Waals surface area contributed by atoms with Crippen molar-refractivity contribution < 1.29 is 9.59 Å². The highest BCUT2D eigenvalue weighted by Crippen LogP contribution is 2.29. The summed E-state index contributed by atoms with van der Waals surface area (Å²) in [4.78, 5) is 25.1. The quantitative estimate of drug-likeness (QED) is 0.832. The monoisotopic (exact) mass is 287 g/mol. The predicted molar refractivity (Wildman–Crippen MR) is 81.3 cm³/mol. The van der Waals surface area contributed by atoms with Crippen molar-refractivity contribution in [1.29, 1.82) is 0 Å². The number of carbonyl (C=O) groups is 2. The van der Waals surface area contributed by atoms with Crippen LogP contribution in [0.4, 0.5) is 5.69 Å². The fourth-order valence-corrected chi connectivity index (χ4v) is 3.34. The largest absolute Gasteiger partial charge is 0.382 e. The first-order valence-electron chi connectivity index (χ1n) is 7.55. The second kappa shape index (κ2) is 5.48. The highest BCUT2D eigenvalue weighted by molar-refractivity contribution is 6.21. The molecule has 1 aromatic rings. The van der Waals surface area contributed by atoms with E-state index in [1.807, 2.05) is 6.07 Å². The van der Waals surface area contributed by atoms with Crippen molar-refractivity contribution in [2.45, 2.75) is 31.7 Å². The Labute approximate surface area is 124 Å². The van der Waals surface area contributed by atoms with Gasteiger partial charge in [0.25, 0.3) is 11.8 Å². The number of fused-ring (bicyclic) bond motifs is 1. The molecule has 5 heteroatoms. The number of imide groups is 1. The Morgan fingerprint density at radius 1 is 1.19 bits per heavy atom. The number of nitrogens with zero attached hydrogens (tertiary/aromatic N) is 1. The van der Waals surface area contributed by atoms with Crippen molar-refractivity contribution in [2.24, 2.45) is 11.7 Å². The van der Waals surface area contributed by atoms with E-state index >= 15 is 0 Å². The maximum atomic E-state index is 12.0. The van der Waals surface area contributed by atoms with Gasteiger partial charge in [0, 0.05) is 18.8 Å². The van der Waals surface area contributed by atoms with Gasteiger partial charge in [-0.2, -0.15) is 0 Å². The minimum absolute atomic E-state index is 0.223. The number of benzene rings is 1. The molecule has 2 aliphatic rings. The summed E-state index contributed by atoms with van der Waals surface area (Å²) in [6, 6.07) is 5.76. The number of rotatable bonds is 3. The summed E-state index contributed by atoms with van der Waals surface area (Å²) in [6.07, 6.45) is 4.70. The molecule has 112 valence electrons. The maximum Gasteiger partial charge on any atom is 0.261 e. The third-order valence-corrected chi connectivity index (χ3v) is 4.65. The molecule has 1 saturated carbocycles. The first-order valence-corrected chi connectivity index (χ1v) is 7.55. The van der Waals surface area contributed by atoms with Crippen molar-refractivity contribution in [3.8, 4) is 0 Å². The topological polar surface area (TPSA) is 75.4 Å².